The Balaban J connectivity index is 1.47. The molecule has 0 N–H and O–H groups in total. The maximum Gasteiger partial charge on any atom is 0.374 e. The molecule has 0 radical (unpaired) electrons. The summed E-state index contributed by atoms with van der Waals surface area (Å²) in [6.07, 6.45) is 3.05. The van der Waals surface area contributed by atoms with Gasteiger partial charge in [-0.05, 0) is 36.4 Å². The molecule has 138 valence electrons. The summed E-state index contributed by atoms with van der Waals surface area (Å²) in [5.74, 6) is -0.929. The largest absolute Gasteiger partial charge is 0.457 e. The molecule has 2 aromatic carbocycles. The minimum atomic E-state index is -0.676. The van der Waals surface area contributed by atoms with Crippen molar-refractivity contribution >= 4 is 11.8 Å². The molecule has 4 aromatic rings. The first-order chi connectivity index (χ1) is 13.7. The number of Topliss-reactive ketones (excluding diaryl/α,β-unsaturated/α-hetero) is 1. The average Bonchev–Trinajstić information content (AvgIpc) is 3.45. The Labute approximate surface area is 160 Å². The van der Waals surface area contributed by atoms with Crippen molar-refractivity contribution in [2.45, 2.75) is 0 Å². The number of ketones is 1. The molecule has 0 spiro atoms. The van der Waals surface area contributed by atoms with Crippen LogP contribution >= 0.6 is 0 Å². The van der Waals surface area contributed by atoms with Gasteiger partial charge in [-0.15, -0.1) is 5.10 Å². The molecule has 0 unspecified atom stereocenters. The van der Waals surface area contributed by atoms with E-state index in [9.17, 15) is 9.59 Å². The highest BCUT2D eigenvalue weighted by molar-refractivity contribution is 5.99. The minimum Gasteiger partial charge on any atom is -0.457 e. The van der Waals surface area contributed by atoms with E-state index in [2.05, 4.69) is 10.3 Å². The second-order valence-electron chi connectivity index (χ2n) is 5.92. The molecule has 0 aliphatic heterocycles. The number of benzene rings is 2. The van der Waals surface area contributed by atoms with Gasteiger partial charge in [0.2, 0.25) is 5.76 Å². The fourth-order valence-electron chi connectivity index (χ4n) is 2.70. The zero-order valence-corrected chi connectivity index (χ0v) is 14.7. The summed E-state index contributed by atoms with van der Waals surface area (Å²) in [6.45, 7) is -0.364. The summed E-state index contributed by atoms with van der Waals surface area (Å²) in [6, 6.07) is 19.7. The fourth-order valence-corrected chi connectivity index (χ4v) is 2.70. The van der Waals surface area contributed by atoms with Gasteiger partial charge in [-0.3, -0.25) is 4.79 Å². The van der Waals surface area contributed by atoms with Crippen LogP contribution < -0.4 is 0 Å². The molecule has 7 nitrogen and oxygen atoms in total. The van der Waals surface area contributed by atoms with E-state index in [0.717, 1.165) is 16.9 Å². The lowest BCUT2D eigenvalue weighted by Gasteiger charge is -2.07. The van der Waals surface area contributed by atoms with Gasteiger partial charge in [0.1, 0.15) is 0 Å². The van der Waals surface area contributed by atoms with Crippen LogP contribution in [0.4, 0.5) is 0 Å². The lowest BCUT2D eigenvalue weighted by Crippen LogP contribution is -2.14. The van der Waals surface area contributed by atoms with Crippen LogP contribution in [0.15, 0.2) is 83.6 Å². The zero-order chi connectivity index (χ0) is 19.3. The number of esters is 1. The number of rotatable bonds is 6. The van der Waals surface area contributed by atoms with Crippen LogP contribution in [0.2, 0.25) is 0 Å². The molecular weight excluding hydrogens is 358 g/mol. The third-order valence-corrected chi connectivity index (χ3v) is 4.11. The third kappa shape index (κ3) is 3.59. The minimum absolute atomic E-state index is 0.0581. The number of ether oxygens (including phenoxy) is 1. The van der Waals surface area contributed by atoms with Gasteiger partial charge in [0.05, 0.1) is 23.8 Å². The molecule has 0 aliphatic carbocycles. The van der Waals surface area contributed by atoms with Gasteiger partial charge in [0.15, 0.2) is 12.4 Å². The molecule has 0 fully saturated rings. The standard InChI is InChI=1S/C21H15N3O4/c25-19(14-28-21(26)20-7-4-12-27-20)16-8-10-17(11-9-16)24-18(13-22-23-24)15-5-2-1-3-6-15/h1-13H,14H2. The van der Waals surface area contributed by atoms with E-state index in [0.29, 0.717) is 5.56 Å². The van der Waals surface area contributed by atoms with Crippen molar-refractivity contribution in [1.82, 2.24) is 15.0 Å². The summed E-state index contributed by atoms with van der Waals surface area (Å²) in [5, 5.41) is 8.11. The van der Waals surface area contributed by atoms with Crippen molar-refractivity contribution in [3.05, 3.63) is 90.5 Å². The SMILES string of the molecule is O=C(COC(=O)c1ccco1)c1ccc(-n2nncc2-c2ccccc2)cc1. The molecular formula is C21H15N3O4. The Morgan fingerprint density at radius 2 is 1.75 bits per heavy atom. The lowest BCUT2D eigenvalue weighted by atomic mass is 10.1. The number of aromatic nitrogens is 3. The summed E-state index contributed by atoms with van der Waals surface area (Å²) < 4.78 is 11.6. The van der Waals surface area contributed by atoms with E-state index in [1.807, 2.05) is 30.3 Å². The molecule has 7 heteroatoms. The van der Waals surface area contributed by atoms with E-state index >= 15 is 0 Å². The highest BCUT2D eigenvalue weighted by atomic mass is 16.5. The molecule has 0 amide bonds. The third-order valence-electron chi connectivity index (χ3n) is 4.11. The van der Waals surface area contributed by atoms with E-state index in [4.69, 9.17) is 9.15 Å². The van der Waals surface area contributed by atoms with Gasteiger partial charge < -0.3 is 9.15 Å². The molecule has 2 heterocycles. The van der Waals surface area contributed by atoms with E-state index in [-0.39, 0.29) is 18.2 Å². The molecule has 2 aromatic heterocycles. The van der Waals surface area contributed by atoms with E-state index in [1.165, 1.54) is 12.3 Å². The Morgan fingerprint density at radius 1 is 0.964 bits per heavy atom. The lowest BCUT2D eigenvalue weighted by molar-refractivity contribution is 0.0444. The average molecular weight is 373 g/mol. The van der Waals surface area contributed by atoms with Gasteiger partial charge in [0.25, 0.3) is 0 Å². The van der Waals surface area contributed by atoms with Crippen LogP contribution in [0.3, 0.4) is 0 Å². The second kappa shape index (κ2) is 7.71. The first-order valence-electron chi connectivity index (χ1n) is 8.53. The number of carbonyl (C=O) groups is 2. The first-order valence-corrected chi connectivity index (χ1v) is 8.53. The summed E-state index contributed by atoms with van der Waals surface area (Å²) in [7, 11) is 0. The molecule has 0 bridgehead atoms. The Hall–Kier alpha value is -4.00. The second-order valence-corrected chi connectivity index (χ2v) is 5.92. The number of hydrogen-bond donors (Lipinski definition) is 0. The molecule has 0 saturated carbocycles. The Morgan fingerprint density at radius 3 is 2.46 bits per heavy atom. The van der Waals surface area contributed by atoms with Gasteiger partial charge >= 0.3 is 5.97 Å². The molecule has 0 aliphatic rings. The molecule has 28 heavy (non-hydrogen) atoms. The predicted octanol–water partition coefficient (Wildman–Crippen LogP) is 3.57. The zero-order valence-electron chi connectivity index (χ0n) is 14.7. The first kappa shape index (κ1) is 17.4. The van der Waals surface area contributed by atoms with Crippen LogP contribution in [-0.2, 0) is 4.74 Å². The maximum atomic E-state index is 12.3. The topological polar surface area (TPSA) is 87.2 Å². The predicted molar refractivity (Wildman–Crippen MR) is 100 cm³/mol. The summed E-state index contributed by atoms with van der Waals surface area (Å²) >= 11 is 0. The number of nitrogens with zero attached hydrogens (tertiary/aromatic N) is 3. The Bertz CT molecular complexity index is 1080. The van der Waals surface area contributed by atoms with Crippen molar-refractivity contribution in [2.24, 2.45) is 0 Å². The van der Waals surface area contributed by atoms with Gasteiger partial charge in [-0.25, -0.2) is 9.48 Å². The van der Waals surface area contributed by atoms with Crippen molar-refractivity contribution in [3.63, 3.8) is 0 Å². The van der Waals surface area contributed by atoms with Crippen molar-refractivity contribution in [2.75, 3.05) is 6.61 Å². The van der Waals surface area contributed by atoms with Crippen molar-refractivity contribution < 1.29 is 18.7 Å². The molecule has 0 saturated heterocycles. The van der Waals surface area contributed by atoms with Crippen LogP contribution in [0, 0.1) is 0 Å². The van der Waals surface area contributed by atoms with Crippen molar-refractivity contribution in [1.29, 1.82) is 0 Å². The smallest absolute Gasteiger partial charge is 0.374 e. The van der Waals surface area contributed by atoms with Crippen LogP contribution in [0.5, 0.6) is 0 Å². The van der Waals surface area contributed by atoms with Crippen molar-refractivity contribution in [3.8, 4) is 16.9 Å². The fraction of sp³-hybridized carbons (Fsp3) is 0.0476. The van der Waals surface area contributed by atoms with Gasteiger partial charge in [-0.2, -0.15) is 0 Å². The quantitative estimate of drug-likeness (QED) is 0.379. The Kier molecular flexibility index (Phi) is 4.79. The monoisotopic (exact) mass is 373 g/mol. The van der Waals surface area contributed by atoms with Crippen LogP contribution in [0.1, 0.15) is 20.9 Å². The highest BCUT2D eigenvalue weighted by Gasteiger charge is 2.14. The van der Waals surface area contributed by atoms with E-state index in [1.54, 1.807) is 41.2 Å². The highest BCUT2D eigenvalue weighted by Crippen LogP contribution is 2.21. The summed E-state index contributed by atoms with van der Waals surface area (Å²) in [5.41, 5.74) is 3.02. The number of carbonyl (C=O) groups excluding carboxylic acids is 2. The number of hydrogen-bond acceptors (Lipinski definition) is 6. The van der Waals surface area contributed by atoms with Gasteiger partial charge in [-0.1, -0.05) is 35.5 Å². The van der Waals surface area contributed by atoms with Crippen LogP contribution in [0.25, 0.3) is 16.9 Å². The van der Waals surface area contributed by atoms with E-state index < -0.39 is 5.97 Å². The normalized spacial score (nSPS) is 10.6. The molecule has 0 atom stereocenters. The summed E-state index contributed by atoms with van der Waals surface area (Å²) in [4.78, 5) is 24.0. The molecule has 4 rings (SSSR count). The number of furan rings is 1. The van der Waals surface area contributed by atoms with Gasteiger partial charge in [0, 0.05) is 11.1 Å². The maximum absolute atomic E-state index is 12.3. The van der Waals surface area contributed by atoms with Crippen LogP contribution in [-0.4, -0.2) is 33.4 Å².